The first kappa shape index (κ1) is 19.6. The van der Waals surface area contributed by atoms with E-state index >= 15 is 0 Å². The van der Waals surface area contributed by atoms with Crippen molar-refractivity contribution in [2.75, 3.05) is 6.61 Å². The molecule has 0 saturated heterocycles. The molecule has 0 aliphatic heterocycles. The van der Waals surface area contributed by atoms with Crippen molar-refractivity contribution in [3.63, 3.8) is 0 Å². The second-order valence-corrected chi connectivity index (χ2v) is 8.30. The summed E-state index contributed by atoms with van der Waals surface area (Å²) in [6, 6.07) is 14.2. The van der Waals surface area contributed by atoms with Crippen LogP contribution in [-0.4, -0.2) is 31.8 Å². The minimum Gasteiger partial charge on any atom is -0.494 e. The van der Waals surface area contributed by atoms with Gasteiger partial charge in [-0.2, -0.15) is 4.68 Å². The van der Waals surface area contributed by atoms with Crippen molar-refractivity contribution in [3.05, 3.63) is 64.7 Å². The lowest BCUT2D eigenvalue weighted by Gasteiger charge is -2.10. The van der Waals surface area contributed by atoms with E-state index in [-0.39, 0.29) is 0 Å². The van der Waals surface area contributed by atoms with Gasteiger partial charge in [0.15, 0.2) is 0 Å². The Bertz CT molecular complexity index is 1080. The van der Waals surface area contributed by atoms with Crippen LogP contribution in [-0.2, 0) is 5.75 Å². The summed E-state index contributed by atoms with van der Waals surface area (Å²) in [4.78, 5) is 4.77. The molecule has 4 aromatic rings. The zero-order valence-electron chi connectivity index (χ0n) is 16.5. The van der Waals surface area contributed by atoms with Gasteiger partial charge in [0.1, 0.15) is 10.8 Å². The molecule has 2 aromatic heterocycles. The standard InChI is InChI=1S/C21H21N5OS2/c1-4-27-18-10-8-16(9-11-18)20-22-17(12-28-20)13-29-21-23-24-25-26(21)19-14(2)6-5-7-15(19)3/h5-12H,4,13H2,1-3H3. The molecule has 0 radical (unpaired) electrons. The Balaban J connectivity index is 1.48. The third kappa shape index (κ3) is 4.33. The Hall–Kier alpha value is -2.71. The fourth-order valence-corrected chi connectivity index (χ4v) is 4.75. The number of para-hydroxylation sites is 1. The molecule has 0 spiro atoms. The normalized spacial score (nSPS) is 11.0. The van der Waals surface area contributed by atoms with Crippen molar-refractivity contribution in [2.45, 2.75) is 31.7 Å². The largest absolute Gasteiger partial charge is 0.494 e. The van der Waals surface area contributed by atoms with Crippen LogP contribution < -0.4 is 4.74 Å². The van der Waals surface area contributed by atoms with Gasteiger partial charge in [-0.25, -0.2) is 4.98 Å². The quantitative estimate of drug-likeness (QED) is 0.386. The molecule has 0 aliphatic carbocycles. The van der Waals surface area contributed by atoms with Crippen LogP contribution in [0.3, 0.4) is 0 Å². The Labute approximate surface area is 178 Å². The third-order valence-corrected chi connectivity index (χ3v) is 6.30. The molecule has 0 fully saturated rings. The second kappa shape index (κ2) is 8.75. The summed E-state index contributed by atoms with van der Waals surface area (Å²) in [5.74, 6) is 1.58. The van der Waals surface area contributed by atoms with Crippen molar-refractivity contribution in [1.29, 1.82) is 0 Å². The number of nitrogens with zero attached hydrogens (tertiary/aromatic N) is 5. The van der Waals surface area contributed by atoms with Gasteiger partial charge in [0.05, 0.1) is 18.0 Å². The molecule has 0 unspecified atom stereocenters. The predicted octanol–water partition coefficient (Wildman–Crippen LogP) is 5.09. The van der Waals surface area contributed by atoms with Gasteiger partial charge in [-0.3, -0.25) is 0 Å². The fraction of sp³-hybridized carbons (Fsp3) is 0.238. The number of thiazole rings is 1. The summed E-state index contributed by atoms with van der Waals surface area (Å²) in [5.41, 5.74) is 5.43. The average molecular weight is 424 g/mol. The number of tetrazole rings is 1. The van der Waals surface area contributed by atoms with E-state index in [4.69, 9.17) is 9.72 Å². The maximum Gasteiger partial charge on any atom is 0.214 e. The van der Waals surface area contributed by atoms with Gasteiger partial charge in [0, 0.05) is 16.7 Å². The van der Waals surface area contributed by atoms with E-state index in [0.717, 1.165) is 44.0 Å². The van der Waals surface area contributed by atoms with Crippen LogP contribution in [0.15, 0.2) is 53.0 Å². The Morgan fingerprint density at radius 3 is 2.55 bits per heavy atom. The minimum absolute atomic E-state index is 0.666. The summed E-state index contributed by atoms with van der Waals surface area (Å²) in [6.07, 6.45) is 0. The van der Waals surface area contributed by atoms with Crippen LogP contribution in [0.25, 0.3) is 16.3 Å². The molecular formula is C21H21N5OS2. The molecule has 2 aromatic carbocycles. The monoisotopic (exact) mass is 423 g/mol. The molecule has 0 amide bonds. The van der Waals surface area contributed by atoms with E-state index in [1.54, 1.807) is 23.1 Å². The lowest BCUT2D eigenvalue weighted by molar-refractivity contribution is 0.340. The van der Waals surface area contributed by atoms with Gasteiger partial charge in [-0.1, -0.05) is 30.0 Å². The number of thioether (sulfide) groups is 1. The summed E-state index contributed by atoms with van der Waals surface area (Å²) in [7, 11) is 0. The molecule has 0 saturated carbocycles. The fourth-order valence-electron chi connectivity index (χ4n) is 3.05. The van der Waals surface area contributed by atoms with Gasteiger partial charge >= 0.3 is 0 Å². The lowest BCUT2D eigenvalue weighted by Crippen LogP contribution is -2.04. The smallest absolute Gasteiger partial charge is 0.214 e. The molecular weight excluding hydrogens is 402 g/mol. The highest BCUT2D eigenvalue weighted by Gasteiger charge is 2.14. The van der Waals surface area contributed by atoms with Gasteiger partial charge in [0.2, 0.25) is 5.16 Å². The highest BCUT2D eigenvalue weighted by atomic mass is 32.2. The topological polar surface area (TPSA) is 65.7 Å². The van der Waals surface area contributed by atoms with E-state index in [2.05, 4.69) is 46.9 Å². The molecule has 29 heavy (non-hydrogen) atoms. The zero-order chi connectivity index (χ0) is 20.2. The van der Waals surface area contributed by atoms with Crippen molar-refractivity contribution >= 4 is 23.1 Å². The number of aromatic nitrogens is 5. The Kier molecular flexibility index (Phi) is 5.92. The number of hydrogen-bond donors (Lipinski definition) is 0. The molecule has 4 rings (SSSR count). The van der Waals surface area contributed by atoms with E-state index in [0.29, 0.717) is 12.4 Å². The van der Waals surface area contributed by atoms with E-state index in [1.807, 2.05) is 41.9 Å². The van der Waals surface area contributed by atoms with Crippen molar-refractivity contribution in [3.8, 4) is 22.0 Å². The van der Waals surface area contributed by atoms with Gasteiger partial charge in [0.25, 0.3) is 0 Å². The highest BCUT2D eigenvalue weighted by molar-refractivity contribution is 7.98. The molecule has 2 heterocycles. The van der Waals surface area contributed by atoms with Gasteiger partial charge in [-0.05, 0) is 66.6 Å². The summed E-state index contributed by atoms with van der Waals surface area (Å²) >= 11 is 3.23. The predicted molar refractivity (Wildman–Crippen MR) is 117 cm³/mol. The number of hydrogen-bond acceptors (Lipinski definition) is 7. The first-order valence-electron chi connectivity index (χ1n) is 9.31. The van der Waals surface area contributed by atoms with E-state index < -0.39 is 0 Å². The first-order chi connectivity index (χ1) is 14.2. The first-order valence-corrected chi connectivity index (χ1v) is 11.2. The maximum atomic E-state index is 5.50. The van der Waals surface area contributed by atoms with Crippen LogP contribution in [0, 0.1) is 13.8 Å². The van der Waals surface area contributed by atoms with E-state index in [9.17, 15) is 0 Å². The summed E-state index contributed by atoms with van der Waals surface area (Å²) in [6.45, 7) is 6.79. The number of aryl methyl sites for hydroxylation is 2. The SMILES string of the molecule is CCOc1ccc(-c2nc(CSc3nnnn3-c3c(C)cccc3C)cs2)cc1. The van der Waals surface area contributed by atoms with Crippen molar-refractivity contribution in [1.82, 2.24) is 25.2 Å². The van der Waals surface area contributed by atoms with Crippen LogP contribution in [0.4, 0.5) is 0 Å². The summed E-state index contributed by atoms with van der Waals surface area (Å²) in [5, 5.41) is 16.1. The molecule has 0 atom stereocenters. The van der Waals surface area contributed by atoms with Crippen LogP contribution in [0.1, 0.15) is 23.7 Å². The van der Waals surface area contributed by atoms with Crippen LogP contribution in [0.2, 0.25) is 0 Å². The third-order valence-electron chi connectivity index (χ3n) is 4.41. The van der Waals surface area contributed by atoms with Crippen LogP contribution in [0.5, 0.6) is 5.75 Å². The van der Waals surface area contributed by atoms with Gasteiger partial charge in [-0.15, -0.1) is 16.4 Å². The zero-order valence-corrected chi connectivity index (χ0v) is 18.1. The molecule has 6 nitrogen and oxygen atoms in total. The molecule has 0 N–H and O–H groups in total. The van der Waals surface area contributed by atoms with E-state index in [1.165, 1.54) is 0 Å². The molecule has 148 valence electrons. The lowest BCUT2D eigenvalue weighted by atomic mass is 10.1. The van der Waals surface area contributed by atoms with Crippen molar-refractivity contribution < 1.29 is 4.74 Å². The highest BCUT2D eigenvalue weighted by Crippen LogP contribution is 2.29. The molecule has 0 bridgehead atoms. The minimum atomic E-state index is 0.666. The number of ether oxygens (including phenoxy) is 1. The second-order valence-electron chi connectivity index (χ2n) is 6.50. The number of benzene rings is 2. The average Bonchev–Trinajstić information content (AvgIpc) is 3.37. The Morgan fingerprint density at radius 1 is 1.07 bits per heavy atom. The van der Waals surface area contributed by atoms with Gasteiger partial charge < -0.3 is 4.74 Å². The van der Waals surface area contributed by atoms with Crippen LogP contribution >= 0.6 is 23.1 Å². The molecule has 0 aliphatic rings. The summed E-state index contributed by atoms with van der Waals surface area (Å²) < 4.78 is 7.32. The molecule has 8 heteroatoms. The number of rotatable bonds is 7. The van der Waals surface area contributed by atoms with Crippen molar-refractivity contribution in [2.24, 2.45) is 0 Å². The maximum absolute atomic E-state index is 5.50. The Morgan fingerprint density at radius 2 is 1.83 bits per heavy atom.